The molecular formula is C16H22BrN3O. The van der Waals surface area contributed by atoms with Gasteiger partial charge >= 0.3 is 0 Å². The average molecular weight is 352 g/mol. The van der Waals surface area contributed by atoms with Gasteiger partial charge in [-0.3, -0.25) is 0 Å². The van der Waals surface area contributed by atoms with E-state index >= 15 is 0 Å². The number of benzene rings is 1. The summed E-state index contributed by atoms with van der Waals surface area (Å²) in [7, 11) is 0. The monoisotopic (exact) mass is 351 g/mol. The van der Waals surface area contributed by atoms with Crippen molar-refractivity contribution in [2.24, 2.45) is 0 Å². The number of halogens is 1. The molecule has 0 amide bonds. The summed E-state index contributed by atoms with van der Waals surface area (Å²) in [6.45, 7) is 5.27. The summed E-state index contributed by atoms with van der Waals surface area (Å²) in [5.41, 5.74) is 1.18. The van der Waals surface area contributed by atoms with Crippen molar-refractivity contribution in [2.45, 2.75) is 45.6 Å². The number of rotatable bonds is 8. The van der Waals surface area contributed by atoms with E-state index < -0.39 is 0 Å². The lowest BCUT2D eigenvalue weighted by atomic mass is 10.1. The Hall–Kier alpha value is -1.20. The predicted octanol–water partition coefficient (Wildman–Crippen LogP) is 3.74. The Morgan fingerprint density at radius 2 is 2.00 bits per heavy atom. The van der Waals surface area contributed by atoms with Crippen molar-refractivity contribution in [1.82, 2.24) is 15.5 Å². The standard InChI is InChI=1S/C16H22BrN3O/c1-3-5-14(18-4-2)11-16-19-15(20-21-16)10-12-6-8-13(17)9-7-12/h6-9,14,18H,3-5,10-11H2,1-2H3. The maximum absolute atomic E-state index is 5.37. The highest BCUT2D eigenvalue weighted by atomic mass is 79.9. The van der Waals surface area contributed by atoms with Gasteiger partial charge in [0.05, 0.1) is 0 Å². The van der Waals surface area contributed by atoms with Gasteiger partial charge in [0.25, 0.3) is 0 Å². The lowest BCUT2D eigenvalue weighted by Crippen LogP contribution is -2.30. The van der Waals surface area contributed by atoms with Crippen molar-refractivity contribution in [3.8, 4) is 0 Å². The van der Waals surface area contributed by atoms with Gasteiger partial charge in [0.2, 0.25) is 5.89 Å². The Morgan fingerprint density at radius 3 is 2.67 bits per heavy atom. The Bertz CT molecular complexity index is 533. The molecule has 5 heteroatoms. The van der Waals surface area contributed by atoms with E-state index in [1.54, 1.807) is 0 Å². The van der Waals surface area contributed by atoms with Crippen LogP contribution in [0.2, 0.25) is 0 Å². The third-order valence-electron chi connectivity index (χ3n) is 3.34. The molecule has 0 aliphatic carbocycles. The number of hydrogen-bond acceptors (Lipinski definition) is 4. The Balaban J connectivity index is 1.95. The first-order valence-electron chi connectivity index (χ1n) is 7.50. The zero-order valence-electron chi connectivity index (χ0n) is 12.6. The Labute approximate surface area is 134 Å². The number of nitrogens with zero attached hydrogens (tertiary/aromatic N) is 2. The molecule has 4 nitrogen and oxygen atoms in total. The molecule has 1 heterocycles. The molecule has 0 radical (unpaired) electrons. The first-order valence-corrected chi connectivity index (χ1v) is 8.29. The number of likely N-dealkylation sites (N-methyl/N-ethyl adjacent to an activating group) is 1. The Morgan fingerprint density at radius 1 is 1.24 bits per heavy atom. The van der Waals surface area contributed by atoms with Crippen molar-refractivity contribution >= 4 is 15.9 Å². The van der Waals surface area contributed by atoms with Gasteiger partial charge in [0, 0.05) is 23.4 Å². The molecule has 0 spiro atoms. The quantitative estimate of drug-likeness (QED) is 0.786. The minimum absolute atomic E-state index is 0.418. The molecule has 1 unspecified atom stereocenters. The minimum atomic E-state index is 0.418. The molecule has 0 saturated carbocycles. The van der Waals surface area contributed by atoms with E-state index in [1.807, 2.05) is 12.1 Å². The van der Waals surface area contributed by atoms with Gasteiger partial charge in [-0.1, -0.05) is 53.5 Å². The van der Waals surface area contributed by atoms with Gasteiger partial charge in [-0.05, 0) is 30.7 Å². The first kappa shape index (κ1) is 16.2. The number of aromatic nitrogens is 2. The van der Waals surface area contributed by atoms with Crippen LogP contribution in [-0.2, 0) is 12.8 Å². The van der Waals surface area contributed by atoms with Crippen LogP contribution in [0.1, 0.15) is 44.0 Å². The second-order valence-corrected chi connectivity index (χ2v) is 6.07. The van der Waals surface area contributed by atoms with Crippen LogP contribution in [0.4, 0.5) is 0 Å². The molecule has 0 bridgehead atoms. The maximum atomic E-state index is 5.37. The molecule has 1 aromatic heterocycles. The summed E-state index contributed by atoms with van der Waals surface area (Å²) in [5, 5.41) is 7.55. The van der Waals surface area contributed by atoms with Gasteiger partial charge in [-0.25, -0.2) is 0 Å². The molecule has 1 N–H and O–H groups in total. The van der Waals surface area contributed by atoms with Gasteiger partial charge in [0.1, 0.15) is 0 Å². The van der Waals surface area contributed by atoms with Gasteiger partial charge in [0.15, 0.2) is 5.82 Å². The van der Waals surface area contributed by atoms with Crippen LogP contribution in [0, 0.1) is 0 Å². The van der Waals surface area contributed by atoms with E-state index in [2.05, 4.69) is 57.4 Å². The molecule has 1 atom stereocenters. The molecule has 0 aliphatic heterocycles. The fourth-order valence-corrected chi connectivity index (χ4v) is 2.62. The highest BCUT2D eigenvalue weighted by molar-refractivity contribution is 9.10. The first-order chi connectivity index (χ1) is 10.2. The number of hydrogen-bond donors (Lipinski definition) is 1. The molecule has 114 valence electrons. The van der Waals surface area contributed by atoms with E-state index in [0.29, 0.717) is 12.5 Å². The van der Waals surface area contributed by atoms with Crippen LogP contribution in [0.25, 0.3) is 0 Å². The Kier molecular flexibility index (Phi) is 6.39. The van der Waals surface area contributed by atoms with Crippen molar-refractivity contribution < 1.29 is 4.52 Å². The van der Waals surface area contributed by atoms with E-state index in [-0.39, 0.29) is 0 Å². The van der Waals surface area contributed by atoms with E-state index in [9.17, 15) is 0 Å². The SMILES string of the molecule is CCCC(Cc1nc(Cc2ccc(Br)cc2)no1)NCC. The molecule has 0 fully saturated rings. The zero-order valence-corrected chi connectivity index (χ0v) is 14.2. The summed E-state index contributed by atoms with van der Waals surface area (Å²) in [4.78, 5) is 4.50. The van der Waals surface area contributed by atoms with Crippen LogP contribution in [-0.4, -0.2) is 22.7 Å². The van der Waals surface area contributed by atoms with Crippen molar-refractivity contribution in [2.75, 3.05) is 6.54 Å². The molecule has 21 heavy (non-hydrogen) atoms. The third-order valence-corrected chi connectivity index (χ3v) is 3.87. The summed E-state index contributed by atoms with van der Waals surface area (Å²) in [6.07, 6.45) is 3.78. The normalized spacial score (nSPS) is 12.5. The summed E-state index contributed by atoms with van der Waals surface area (Å²) in [5.74, 6) is 1.47. The van der Waals surface area contributed by atoms with Crippen LogP contribution in [0.3, 0.4) is 0 Å². The fourth-order valence-electron chi connectivity index (χ4n) is 2.35. The van der Waals surface area contributed by atoms with Gasteiger partial charge in [-0.15, -0.1) is 0 Å². The van der Waals surface area contributed by atoms with E-state index in [0.717, 1.165) is 42.0 Å². The molecule has 2 rings (SSSR count). The molecule has 2 aromatic rings. The number of nitrogens with one attached hydrogen (secondary N) is 1. The van der Waals surface area contributed by atoms with Gasteiger partial charge in [-0.2, -0.15) is 4.98 Å². The van der Waals surface area contributed by atoms with Crippen molar-refractivity contribution in [1.29, 1.82) is 0 Å². The van der Waals surface area contributed by atoms with Crippen molar-refractivity contribution in [3.63, 3.8) is 0 Å². The summed E-state index contributed by atoms with van der Waals surface area (Å²) >= 11 is 3.43. The van der Waals surface area contributed by atoms with Crippen LogP contribution >= 0.6 is 15.9 Å². The fraction of sp³-hybridized carbons (Fsp3) is 0.500. The zero-order chi connectivity index (χ0) is 15.1. The topological polar surface area (TPSA) is 51.0 Å². The van der Waals surface area contributed by atoms with Gasteiger partial charge < -0.3 is 9.84 Å². The van der Waals surface area contributed by atoms with Crippen LogP contribution in [0.15, 0.2) is 33.3 Å². The van der Waals surface area contributed by atoms with Crippen LogP contribution in [0.5, 0.6) is 0 Å². The average Bonchev–Trinajstić information content (AvgIpc) is 2.89. The second-order valence-electron chi connectivity index (χ2n) is 5.15. The lowest BCUT2D eigenvalue weighted by Gasteiger charge is -2.14. The lowest BCUT2D eigenvalue weighted by molar-refractivity contribution is 0.349. The molecule has 0 saturated heterocycles. The smallest absolute Gasteiger partial charge is 0.228 e. The van der Waals surface area contributed by atoms with E-state index in [4.69, 9.17) is 4.52 Å². The summed E-state index contributed by atoms with van der Waals surface area (Å²) in [6, 6.07) is 8.61. The minimum Gasteiger partial charge on any atom is -0.339 e. The van der Waals surface area contributed by atoms with Crippen LogP contribution < -0.4 is 5.32 Å². The third kappa shape index (κ3) is 5.25. The highest BCUT2D eigenvalue weighted by Crippen LogP contribution is 2.13. The largest absolute Gasteiger partial charge is 0.339 e. The highest BCUT2D eigenvalue weighted by Gasteiger charge is 2.13. The molecular weight excluding hydrogens is 330 g/mol. The second kappa shape index (κ2) is 8.29. The summed E-state index contributed by atoms with van der Waals surface area (Å²) < 4.78 is 6.45. The van der Waals surface area contributed by atoms with E-state index in [1.165, 1.54) is 5.56 Å². The molecule has 0 aliphatic rings. The predicted molar refractivity (Wildman–Crippen MR) is 87.3 cm³/mol. The van der Waals surface area contributed by atoms with Crippen molar-refractivity contribution in [3.05, 3.63) is 46.0 Å². The molecule has 1 aromatic carbocycles. The maximum Gasteiger partial charge on any atom is 0.228 e.